The summed E-state index contributed by atoms with van der Waals surface area (Å²) in [4.78, 5) is 10.4. The molecule has 0 atom stereocenters. The Kier molecular flexibility index (Phi) is 4.66. The predicted octanol–water partition coefficient (Wildman–Crippen LogP) is 4.85. The Bertz CT molecular complexity index is 665. The minimum atomic E-state index is -0.970. The van der Waals surface area contributed by atoms with Crippen molar-refractivity contribution >= 4 is 23.6 Å². The van der Waals surface area contributed by atoms with Gasteiger partial charge in [-0.3, -0.25) is 0 Å². The van der Waals surface area contributed by atoms with Crippen LogP contribution in [0.3, 0.4) is 0 Å². The minimum Gasteiger partial charge on any atom is -0.478 e. The lowest BCUT2D eigenvalue weighted by atomic mass is 10.1. The normalized spacial score (nSPS) is 10.8. The molecule has 0 bridgehead atoms. The number of rotatable bonds is 4. The molecule has 0 amide bonds. The van der Waals surface area contributed by atoms with E-state index in [1.54, 1.807) is 24.3 Å². The number of aliphatic carboxylic acids is 1. The summed E-state index contributed by atoms with van der Waals surface area (Å²) in [6, 6.07) is 10.9. The van der Waals surface area contributed by atoms with Gasteiger partial charge in [-0.25, -0.2) is 4.79 Å². The van der Waals surface area contributed by atoms with Crippen molar-refractivity contribution in [2.75, 3.05) is 0 Å². The largest absolute Gasteiger partial charge is 0.478 e. The zero-order valence-electron chi connectivity index (χ0n) is 11.8. The maximum absolute atomic E-state index is 10.4. The molecule has 0 spiro atoms. The lowest BCUT2D eigenvalue weighted by Gasteiger charge is -2.09. The average Bonchev–Trinajstić information content (AvgIpc) is 2.44. The van der Waals surface area contributed by atoms with Gasteiger partial charge in [-0.15, -0.1) is 0 Å². The summed E-state index contributed by atoms with van der Waals surface area (Å²) in [5.41, 5.74) is 2.73. The van der Waals surface area contributed by atoms with Crippen LogP contribution in [0.15, 0.2) is 42.5 Å². The van der Waals surface area contributed by atoms with Crippen molar-refractivity contribution in [3.63, 3.8) is 0 Å². The molecule has 0 saturated heterocycles. The van der Waals surface area contributed by atoms with Crippen molar-refractivity contribution in [3.05, 3.63) is 64.2 Å². The average molecular weight is 303 g/mol. The molecule has 2 aromatic rings. The molecule has 0 fully saturated rings. The van der Waals surface area contributed by atoms with E-state index in [9.17, 15) is 4.79 Å². The highest BCUT2D eigenvalue weighted by atomic mass is 35.5. The zero-order chi connectivity index (χ0) is 15.4. The molecule has 2 rings (SSSR count). The van der Waals surface area contributed by atoms with Crippen molar-refractivity contribution in [1.29, 1.82) is 0 Å². The summed E-state index contributed by atoms with van der Waals surface area (Å²) in [6.07, 6.45) is 2.63. The Hall–Kier alpha value is -2.26. The molecule has 21 heavy (non-hydrogen) atoms. The summed E-state index contributed by atoms with van der Waals surface area (Å²) in [6.45, 7) is 3.87. The van der Waals surface area contributed by atoms with E-state index in [1.807, 2.05) is 26.0 Å². The maximum Gasteiger partial charge on any atom is 0.328 e. The van der Waals surface area contributed by atoms with Crippen LogP contribution >= 0.6 is 11.6 Å². The molecule has 2 aromatic carbocycles. The first-order chi connectivity index (χ1) is 9.95. The SMILES string of the molecule is Cc1cc(Oc2ccc(/C=C/C(=O)O)cc2)cc(C)c1Cl. The van der Waals surface area contributed by atoms with Crippen molar-refractivity contribution in [1.82, 2.24) is 0 Å². The number of ether oxygens (including phenoxy) is 1. The molecule has 0 radical (unpaired) electrons. The van der Waals surface area contributed by atoms with Crippen LogP contribution in [0, 0.1) is 13.8 Å². The van der Waals surface area contributed by atoms with Gasteiger partial charge in [0.05, 0.1) is 0 Å². The monoisotopic (exact) mass is 302 g/mol. The molecular formula is C17H15ClO3. The molecular weight excluding hydrogens is 288 g/mol. The van der Waals surface area contributed by atoms with E-state index >= 15 is 0 Å². The summed E-state index contributed by atoms with van der Waals surface area (Å²) in [5, 5.41) is 9.32. The highest BCUT2D eigenvalue weighted by Gasteiger charge is 2.04. The fourth-order valence-electron chi connectivity index (χ4n) is 1.92. The van der Waals surface area contributed by atoms with E-state index < -0.39 is 5.97 Å². The molecule has 0 heterocycles. The third-order valence-electron chi connectivity index (χ3n) is 2.94. The van der Waals surface area contributed by atoms with Crippen molar-refractivity contribution in [2.24, 2.45) is 0 Å². The van der Waals surface area contributed by atoms with Crippen LogP contribution in [0.4, 0.5) is 0 Å². The van der Waals surface area contributed by atoms with Gasteiger partial charge in [0.2, 0.25) is 0 Å². The lowest BCUT2D eigenvalue weighted by Crippen LogP contribution is -1.89. The third kappa shape index (κ3) is 4.10. The molecule has 0 aliphatic carbocycles. The minimum absolute atomic E-state index is 0.684. The molecule has 0 unspecified atom stereocenters. The number of halogens is 1. The van der Waals surface area contributed by atoms with E-state index in [0.29, 0.717) is 5.75 Å². The first-order valence-corrected chi connectivity index (χ1v) is 6.79. The second-order valence-corrected chi connectivity index (χ2v) is 5.09. The summed E-state index contributed by atoms with van der Waals surface area (Å²) in [5.74, 6) is 0.439. The summed E-state index contributed by atoms with van der Waals surface area (Å²) < 4.78 is 5.78. The third-order valence-corrected chi connectivity index (χ3v) is 3.54. The number of carboxylic acids is 1. The van der Waals surface area contributed by atoms with E-state index in [1.165, 1.54) is 6.08 Å². The standard InChI is InChI=1S/C17H15ClO3/c1-11-9-15(10-12(2)17(11)18)21-14-6-3-13(4-7-14)5-8-16(19)20/h3-10H,1-2H3,(H,19,20)/b8-5+. The number of carbonyl (C=O) groups is 1. The van der Waals surface area contributed by atoms with E-state index in [0.717, 1.165) is 33.5 Å². The van der Waals surface area contributed by atoms with Crippen molar-refractivity contribution in [2.45, 2.75) is 13.8 Å². The van der Waals surface area contributed by atoms with Gasteiger partial charge in [0.15, 0.2) is 0 Å². The molecule has 0 aliphatic heterocycles. The van der Waals surface area contributed by atoms with Gasteiger partial charge in [-0.1, -0.05) is 23.7 Å². The predicted molar refractivity (Wildman–Crippen MR) is 84.1 cm³/mol. The topological polar surface area (TPSA) is 46.5 Å². The molecule has 0 saturated carbocycles. The second-order valence-electron chi connectivity index (χ2n) is 4.71. The summed E-state index contributed by atoms with van der Waals surface area (Å²) in [7, 11) is 0. The number of benzene rings is 2. The van der Waals surface area contributed by atoms with E-state index in [4.69, 9.17) is 21.4 Å². The number of aryl methyl sites for hydroxylation is 2. The number of carboxylic acid groups (broad SMARTS) is 1. The zero-order valence-corrected chi connectivity index (χ0v) is 12.5. The van der Waals surface area contributed by atoms with Crippen LogP contribution in [0.1, 0.15) is 16.7 Å². The lowest BCUT2D eigenvalue weighted by molar-refractivity contribution is -0.131. The highest BCUT2D eigenvalue weighted by Crippen LogP contribution is 2.29. The molecule has 1 N–H and O–H groups in total. The van der Waals surface area contributed by atoms with Crippen molar-refractivity contribution < 1.29 is 14.6 Å². The molecule has 3 nitrogen and oxygen atoms in total. The Morgan fingerprint density at radius 3 is 2.19 bits per heavy atom. The number of hydrogen-bond acceptors (Lipinski definition) is 2. The fraction of sp³-hybridized carbons (Fsp3) is 0.118. The van der Waals surface area contributed by atoms with Crippen LogP contribution in [0.25, 0.3) is 6.08 Å². The second kappa shape index (κ2) is 6.46. The Morgan fingerprint density at radius 1 is 1.10 bits per heavy atom. The Morgan fingerprint density at radius 2 is 1.67 bits per heavy atom. The van der Waals surface area contributed by atoms with Gasteiger partial charge in [0, 0.05) is 11.1 Å². The fourth-order valence-corrected chi connectivity index (χ4v) is 2.02. The van der Waals surface area contributed by atoms with Gasteiger partial charge < -0.3 is 9.84 Å². The number of hydrogen-bond donors (Lipinski definition) is 1. The Balaban J connectivity index is 2.15. The van der Waals surface area contributed by atoms with Crippen LogP contribution in [0.2, 0.25) is 5.02 Å². The van der Waals surface area contributed by atoms with Gasteiger partial charge in [-0.2, -0.15) is 0 Å². The van der Waals surface area contributed by atoms with E-state index in [-0.39, 0.29) is 0 Å². The Labute approximate surface area is 128 Å². The first kappa shape index (κ1) is 15.1. The molecule has 0 aromatic heterocycles. The maximum atomic E-state index is 10.4. The van der Waals surface area contributed by atoms with Crippen molar-refractivity contribution in [3.8, 4) is 11.5 Å². The highest BCUT2D eigenvalue weighted by molar-refractivity contribution is 6.32. The summed E-state index contributed by atoms with van der Waals surface area (Å²) >= 11 is 6.12. The molecule has 4 heteroatoms. The molecule has 108 valence electrons. The van der Waals surface area contributed by atoms with Gasteiger partial charge >= 0.3 is 5.97 Å². The van der Waals surface area contributed by atoms with Gasteiger partial charge in [0.25, 0.3) is 0 Å². The first-order valence-electron chi connectivity index (χ1n) is 6.41. The van der Waals surface area contributed by atoms with Crippen LogP contribution < -0.4 is 4.74 Å². The molecule has 0 aliphatic rings. The van der Waals surface area contributed by atoms with Gasteiger partial charge in [-0.05, 0) is 60.9 Å². The van der Waals surface area contributed by atoms with Crippen LogP contribution in [0.5, 0.6) is 11.5 Å². The van der Waals surface area contributed by atoms with Crippen LogP contribution in [-0.2, 0) is 4.79 Å². The van der Waals surface area contributed by atoms with E-state index in [2.05, 4.69) is 0 Å². The van der Waals surface area contributed by atoms with Crippen LogP contribution in [-0.4, -0.2) is 11.1 Å². The van der Waals surface area contributed by atoms with Gasteiger partial charge in [0.1, 0.15) is 11.5 Å². The smallest absolute Gasteiger partial charge is 0.328 e. The quantitative estimate of drug-likeness (QED) is 0.821.